The molecule has 10 heteroatoms. The van der Waals surface area contributed by atoms with Crippen molar-refractivity contribution in [1.29, 1.82) is 0 Å². The summed E-state index contributed by atoms with van der Waals surface area (Å²) in [6.45, 7) is 1.48. The lowest BCUT2D eigenvalue weighted by Crippen LogP contribution is -2.56. The molecule has 0 aliphatic heterocycles. The number of nitrogens with one attached hydrogen (secondary N) is 3. The third kappa shape index (κ3) is 6.60. The summed E-state index contributed by atoms with van der Waals surface area (Å²) in [6, 6.07) is 13.5. The lowest BCUT2D eigenvalue weighted by molar-refractivity contribution is 0.0933. The number of halogens is 4. The van der Waals surface area contributed by atoms with Gasteiger partial charge in [0.15, 0.2) is 10.9 Å². The fraction of sp³-hybridized carbons (Fsp3) is 0.167. The van der Waals surface area contributed by atoms with Gasteiger partial charge in [0.05, 0.1) is 5.56 Å². The third-order valence-corrected chi connectivity index (χ3v) is 5.11. The van der Waals surface area contributed by atoms with Crippen molar-refractivity contribution in [2.45, 2.75) is 16.9 Å². The highest BCUT2D eigenvalue weighted by Crippen LogP contribution is 2.29. The maximum atomic E-state index is 12.5. The molecule has 0 heterocycles. The van der Waals surface area contributed by atoms with Gasteiger partial charge in [-0.1, -0.05) is 46.9 Å². The molecule has 148 valence electrons. The Morgan fingerprint density at radius 1 is 1.04 bits per heavy atom. The number of anilines is 1. The molecule has 0 aromatic heterocycles. The lowest BCUT2D eigenvalue weighted by Gasteiger charge is -2.28. The highest BCUT2D eigenvalue weighted by molar-refractivity contribution is 9.10. The first-order chi connectivity index (χ1) is 13.1. The number of ketones is 1. The molecule has 5 nitrogen and oxygen atoms in total. The highest BCUT2D eigenvalue weighted by Gasteiger charge is 2.35. The van der Waals surface area contributed by atoms with Crippen LogP contribution in [0.15, 0.2) is 53.0 Å². The molecule has 0 aliphatic carbocycles. The summed E-state index contributed by atoms with van der Waals surface area (Å²) in [5.74, 6) is -0.497. The maximum Gasteiger partial charge on any atom is 0.254 e. The zero-order valence-electron chi connectivity index (χ0n) is 14.4. The average Bonchev–Trinajstić information content (AvgIpc) is 2.61. The quantitative estimate of drug-likeness (QED) is 0.221. The molecule has 1 amide bonds. The molecule has 0 unspecified atom stereocenters. The Morgan fingerprint density at radius 3 is 2.18 bits per heavy atom. The van der Waals surface area contributed by atoms with Gasteiger partial charge in [0, 0.05) is 15.7 Å². The van der Waals surface area contributed by atoms with Crippen molar-refractivity contribution in [3.8, 4) is 0 Å². The molecule has 0 bridgehead atoms. The van der Waals surface area contributed by atoms with Crippen LogP contribution in [0.1, 0.15) is 27.6 Å². The van der Waals surface area contributed by atoms with Crippen LogP contribution in [0.2, 0.25) is 0 Å². The van der Waals surface area contributed by atoms with Gasteiger partial charge >= 0.3 is 0 Å². The molecule has 0 aliphatic rings. The van der Waals surface area contributed by atoms with Gasteiger partial charge in [-0.15, -0.1) is 0 Å². The van der Waals surface area contributed by atoms with E-state index in [2.05, 4.69) is 31.9 Å². The van der Waals surface area contributed by atoms with Gasteiger partial charge < -0.3 is 16.0 Å². The van der Waals surface area contributed by atoms with Gasteiger partial charge in [0.25, 0.3) is 5.91 Å². The predicted octanol–water partition coefficient (Wildman–Crippen LogP) is 5.06. The zero-order valence-corrected chi connectivity index (χ0v) is 19.1. The van der Waals surface area contributed by atoms with Crippen molar-refractivity contribution in [2.24, 2.45) is 0 Å². The van der Waals surface area contributed by atoms with Crippen LogP contribution in [0.3, 0.4) is 0 Å². The van der Waals surface area contributed by atoms with Crippen LogP contribution in [0.4, 0.5) is 5.69 Å². The van der Waals surface area contributed by atoms with E-state index in [-0.39, 0.29) is 10.9 Å². The second kappa shape index (κ2) is 9.89. The van der Waals surface area contributed by atoms with Crippen LogP contribution < -0.4 is 16.0 Å². The smallest absolute Gasteiger partial charge is 0.254 e. The number of benzene rings is 2. The molecule has 0 radical (unpaired) electrons. The number of rotatable bonds is 5. The Labute approximate surface area is 191 Å². The number of hydrogen-bond donors (Lipinski definition) is 3. The Bertz CT molecular complexity index is 888. The molecular weight excluding hydrogens is 509 g/mol. The molecule has 3 N–H and O–H groups in total. The minimum atomic E-state index is -1.87. The van der Waals surface area contributed by atoms with Crippen LogP contribution in [0.5, 0.6) is 0 Å². The van der Waals surface area contributed by atoms with Gasteiger partial charge in [0.1, 0.15) is 6.17 Å². The Morgan fingerprint density at radius 2 is 1.64 bits per heavy atom. The molecule has 28 heavy (non-hydrogen) atoms. The monoisotopic (exact) mass is 521 g/mol. The van der Waals surface area contributed by atoms with E-state index >= 15 is 0 Å². The number of Topliss-reactive ketones (excluding diaryl/α,β-unsaturated/α-hetero) is 1. The summed E-state index contributed by atoms with van der Waals surface area (Å²) >= 11 is 26.5. The summed E-state index contributed by atoms with van der Waals surface area (Å²) in [6.07, 6.45) is -1.10. The minimum absolute atomic E-state index is 0.0432. The molecule has 0 spiro atoms. The van der Waals surface area contributed by atoms with Gasteiger partial charge in [-0.25, -0.2) is 0 Å². The highest BCUT2D eigenvalue weighted by atomic mass is 79.9. The first-order valence-electron chi connectivity index (χ1n) is 7.88. The van der Waals surface area contributed by atoms with E-state index in [1.807, 2.05) is 0 Å². The first kappa shape index (κ1) is 22.9. The standard InChI is InChI=1S/C18H15BrCl3N3O2S/c1-10(26)11-6-8-12(9-7-11)23-17(28)25-16(18(20,21)22)24-15(27)13-4-2-3-5-14(13)19/h2-9,16H,1H3,(H,24,27)(H2,23,25,28)/t16-/m1/s1. The molecule has 2 aromatic rings. The van der Waals surface area contributed by atoms with Crippen molar-refractivity contribution >= 4 is 85.4 Å². The Balaban J connectivity index is 2.07. The number of hydrogen-bond acceptors (Lipinski definition) is 3. The van der Waals surface area contributed by atoms with E-state index in [1.54, 1.807) is 48.5 Å². The van der Waals surface area contributed by atoms with Crippen molar-refractivity contribution in [2.75, 3.05) is 5.32 Å². The van der Waals surface area contributed by atoms with E-state index in [0.29, 0.717) is 21.3 Å². The number of carbonyl (C=O) groups excluding carboxylic acids is 2. The number of thiocarbonyl (C=S) groups is 1. The van der Waals surface area contributed by atoms with E-state index in [4.69, 9.17) is 47.0 Å². The van der Waals surface area contributed by atoms with Crippen molar-refractivity contribution in [3.63, 3.8) is 0 Å². The summed E-state index contributed by atoms with van der Waals surface area (Å²) in [5.41, 5.74) is 1.58. The predicted molar refractivity (Wildman–Crippen MR) is 121 cm³/mol. The minimum Gasteiger partial charge on any atom is -0.339 e. The molecular formula is C18H15BrCl3N3O2S. The molecule has 0 saturated carbocycles. The molecule has 2 aromatic carbocycles. The van der Waals surface area contributed by atoms with E-state index in [9.17, 15) is 9.59 Å². The Hall–Kier alpha value is -1.38. The summed E-state index contributed by atoms with van der Waals surface area (Å²) in [5, 5.41) is 8.41. The molecule has 1 atom stereocenters. The van der Waals surface area contributed by atoms with Gasteiger partial charge in [-0.05, 0) is 71.5 Å². The lowest BCUT2D eigenvalue weighted by atomic mass is 10.1. The van der Waals surface area contributed by atoms with Crippen LogP contribution >= 0.6 is 63.0 Å². The topological polar surface area (TPSA) is 70.2 Å². The first-order valence-corrected chi connectivity index (χ1v) is 10.2. The van der Waals surface area contributed by atoms with Crippen molar-refractivity contribution in [1.82, 2.24) is 10.6 Å². The Kier molecular flexibility index (Phi) is 8.09. The fourth-order valence-corrected chi connectivity index (χ4v) is 3.17. The fourth-order valence-electron chi connectivity index (χ4n) is 2.14. The SMILES string of the molecule is CC(=O)c1ccc(NC(=S)N[C@@H](NC(=O)c2ccccc2Br)C(Cl)(Cl)Cl)cc1. The maximum absolute atomic E-state index is 12.5. The number of carbonyl (C=O) groups is 2. The van der Waals surface area contributed by atoms with Crippen molar-refractivity contribution in [3.05, 3.63) is 64.1 Å². The molecule has 0 fully saturated rings. The van der Waals surface area contributed by atoms with E-state index in [1.165, 1.54) is 6.92 Å². The summed E-state index contributed by atoms with van der Waals surface area (Å²) in [7, 11) is 0. The third-order valence-electron chi connectivity index (χ3n) is 3.55. The molecule has 2 rings (SSSR count). The van der Waals surface area contributed by atoms with E-state index < -0.39 is 15.9 Å². The molecule has 0 saturated heterocycles. The van der Waals surface area contributed by atoms with Gasteiger partial charge in [-0.2, -0.15) is 0 Å². The second-order valence-corrected chi connectivity index (χ2v) is 9.29. The number of alkyl halides is 3. The van der Waals surface area contributed by atoms with Crippen molar-refractivity contribution < 1.29 is 9.59 Å². The van der Waals surface area contributed by atoms with Gasteiger partial charge in [-0.3, -0.25) is 9.59 Å². The largest absolute Gasteiger partial charge is 0.339 e. The van der Waals surface area contributed by atoms with Gasteiger partial charge in [0.2, 0.25) is 3.79 Å². The van der Waals surface area contributed by atoms with Crippen LogP contribution in [-0.4, -0.2) is 26.8 Å². The second-order valence-electron chi connectivity index (χ2n) is 5.66. The number of amides is 1. The van der Waals surface area contributed by atoms with Crippen LogP contribution in [0.25, 0.3) is 0 Å². The van der Waals surface area contributed by atoms with Crippen LogP contribution in [-0.2, 0) is 0 Å². The average molecular weight is 524 g/mol. The zero-order chi connectivity index (χ0) is 20.9. The summed E-state index contributed by atoms with van der Waals surface area (Å²) < 4.78 is -1.27. The summed E-state index contributed by atoms with van der Waals surface area (Å²) in [4.78, 5) is 23.8. The van der Waals surface area contributed by atoms with Crippen LogP contribution in [0, 0.1) is 0 Å². The van der Waals surface area contributed by atoms with E-state index in [0.717, 1.165) is 0 Å². The normalized spacial score (nSPS) is 12.0.